The van der Waals surface area contributed by atoms with Crippen LogP contribution in [0.2, 0.25) is 5.02 Å². The molecule has 0 saturated heterocycles. The zero-order valence-corrected chi connectivity index (χ0v) is 36.5. The number of benzene rings is 2. The van der Waals surface area contributed by atoms with Crippen LogP contribution >= 0.6 is 55.1 Å². The first-order chi connectivity index (χ1) is 27.5. The van der Waals surface area contributed by atoms with Gasteiger partial charge < -0.3 is 4.90 Å². The van der Waals surface area contributed by atoms with Crippen molar-refractivity contribution in [1.29, 1.82) is 0 Å². The molecule has 9 nitrogen and oxygen atoms in total. The van der Waals surface area contributed by atoms with Crippen molar-refractivity contribution in [2.24, 2.45) is 0 Å². The summed E-state index contributed by atoms with van der Waals surface area (Å²) in [5, 5.41) is 1.25. The van der Waals surface area contributed by atoms with Crippen LogP contribution in [-0.2, 0) is 24.9 Å². The third kappa shape index (κ3) is 29.1. The molecular formula is C43H56Cl2F6N4O5PS2-. The number of pyridine rings is 3. The number of allylic oxidation sites excluding steroid dienone is 2. The fourth-order valence-electron chi connectivity index (χ4n) is 4.22. The second-order valence-corrected chi connectivity index (χ2v) is 16.3. The molecule has 3 heterocycles. The summed E-state index contributed by atoms with van der Waals surface area (Å²) in [6, 6.07) is 25.0. The summed E-state index contributed by atoms with van der Waals surface area (Å²) in [5.74, 6) is 0.0612. The van der Waals surface area contributed by atoms with Crippen molar-refractivity contribution in [3.05, 3.63) is 149 Å². The molecule has 3 aromatic heterocycles. The van der Waals surface area contributed by atoms with E-state index >= 15 is 0 Å². The van der Waals surface area contributed by atoms with E-state index in [0.29, 0.717) is 22.0 Å². The molecule has 0 fully saturated rings. The van der Waals surface area contributed by atoms with E-state index in [4.69, 9.17) is 31.9 Å². The molecule has 0 aliphatic rings. The van der Waals surface area contributed by atoms with E-state index < -0.39 is 7.81 Å². The van der Waals surface area contributed by atoms with Crippen molar-refractivity contribution in [2.75, 3.05) is 28.3 Å². The number of aromatic nitrogens is 3. The predicted molar refractivity (Wildman–Crippen MR) is 252 cm³/mol. The average Bonchev–Trinajstić information content (AvgIpc) is 3.16. The van der Waals surface area contributed by atoms with Crippen LogP contribution in [0.1, 0.15) is 57.0 Å². The molecule has 0 amide bonds. The second-order valence-electron chi connectivity index (χ2n) is 12.0. The molecule has 20 heteroatoms. The molecule has 0 saturated carbocycles. The van der Waals surface area contributed by atoms with Gasteiger partial charge in [0.2, 0.25) is 0 Å². The molecule has 63 heavy (non-hydrogen) atoms. The number of hydrogen-bond donors (Lipinski definition) is 0. The quantitative estimate of drug-likeness (QED) is 0.0215. The van der Waals surface area contributed by atoms with Crippen molar-refractivity contribution in [3.8, 4) is 22.4 Å². The average molecular weight is 989 g/mol. The number of ketones is 1. The Balaban J connectivity index is -0.000000834. The number of nitrogens with zero attached hydrogens (tertiary/aromatic N) is 4. The SMILES string of the molecule is C.C.C.C.C=CC(Cl)=CN(C)C.COOSc1ccc(-c2cc(Cl)cnc2-c2ccc(C)nc2)cc1.COOSc1ccc(CC(=O)c2ccc(C)nc2)cc1.F[P-](F)(F)(F)(F)F. The van der Waals surface area contributed by atoms with E-state index in [0.717, 1.165) is 73.2 Å². The molecule has 5 aromatic rings. The number of Topliss-reactive ketones (excluding diaryl/α,β-unsaturated/α-hetero) is 1. The molecule has 0 N–H and O–H groups in total. The van der Waals surface area contributed by atoms with Gasteiger partial charge in [-0.15, -0.1) is 0 Å². The van der Waals surface area contributed by atoms with E-state index in [1.54, 1.807) is 30.7 Å². The van der Waals surface area contributed by atoms with E-state index in [1.807, 2.05) is 112 Å². The molecule has 2 aromatic carbocycles. The fourth-order valence-corrected chi connectivity index (χ4v) is 5.36. The summed E-state index contributed by atoms with van der Waals surface area (Å²) >= 11 is 14.0. The number of hydrogen-bond acceptors (Lipinski definition) is 11. The summed E-state index contributed by atoms with van der Waals surface area (Å²) in [7, 11) is -3.91. The van der Waals surface area contributed by atoms with Crippen LogP contribution in [0, 0.1) is 13.8 Å². The van der Waals surface area contributed by atoms with Crippen molar-refractivity contribution >= 4 is 60.9 Å². The van der Waals surface area contributed by atoms with Crippen LogP contribution in [0.4, 0.5) is 25.2 Å². The van der Waals surface area contributed by atoms with Gasteiger partial charge in [-0.3, -0.25) is 19.7 Å². The zero-order chi connectivity index (χ0) is 44.3. The van der Waals surface area contributed by atoms with Gasteiger partial charge in [-0.1, -0.05) is 83.8 Å². The maximum atomic E-state index is 12.1. The summed E-state index contributed by atoms with van der Waals surface area (Å²) in [6.45, 7) is 7.34. The predicted octanol–water partition coefficient (Wildman–Crippen LogP) is 16.5. The Morgan fingerprint density at radius 3 is 1.59 bits per heavy atom. The van der Waals surface area contributed by atoms with E-state index in [-0.39, 0.29) is 35.5 Å². The van der Waals surface area contributed by atoms with Crippen LogP contribution in [0.5, 0.6) is 0 Å². The van der Waals surface area contributed by atoms with Crippen LogP contribution in [0.3, 0.4) is 0 Å². The standard InChI is InChI=1S/C18H15ClN2O2S.C15H15NO3S.C6H10ClN.4CH4.F6P/c1-12-3-4-14(10-20-12)18-17(9-15(19)11-21-18)13-5-7-16(8-6-13)24-23-22-2;1-11-3-6-13(10-16-11)15(17)9-12-4-7-14(8-5-12)20-19-18-2;1-4-6(7)5-8(2)3;;;;;1-7(2,3,4,5)6/h3-11H,1-2H3;3-8,10H,9H2,1-2H3;4-5H,1H2,2-3H3;4*1H4;/q;;;;;;;-1. The Morgan fingerprint density at radius 1 is 0.730 bits per heavy atom. The fraction of sp³-hybridized carbons (Fsp3) is 0.256. The summed E-state index contributed by atoms with van der Waals surface area (Å²) in [5.41, 5.74) is 7.23. The Labute approximate surface area is 386 Å². The second kappa shape index (κ2) is 28.7. The Morgan fingerprint density at radius 2 is 1.19 bits per heavy atom. The first kappa shape index (κ1) is 63.3. The van der Waals surface area contributed by atoms with Crippen molar-refractivity contribution in [2.45, 2.75) is 59.8 Å². The molecule has 0 atom stereocenters. The number of halogens is 8. The van der Waals surface area contributed by atoms with Gasteiger partial charge in [-0.05, 0) is 85.6 Å². The third-order valence-electron chi connectivity index (χ3n) is 6.70. The van der Waals surface area contributed by atoms with Crippen molar-refractivity contribution in [3.63, 3.8) is 0 Å². The number of carbonyl (C=O) groups is 1. The topological polar surface area (TPSA) is 95.9 Å². The van der Waals surface area contributed by atoms with Gasteiger partial charge in [0.15, 0.2) is 5.78 Å². The van der Waals surface area contributed by atoms with Gasteiger partial charge in [0.05, 0.1) is 54.1 Å². The monoisotopic (exact) mass is 987 g/mol. The first-order valence-corrected chi connectivity index (χ1v) is 21.0. The molecule has 0 unspecified atom stereocenters. The first-order valence-electron chi connectivity index (χ1n) is 16.7. The Hall–Kier alpha value is -4.03. The maximum absolute atomic E-state index is 12.1. The van der Waals surface area contributed by atoms with Gasteiger partial charge in [0.25, 0.3) is 0 Å². The molecule has 0 aliphatic carbocycles. The molecule has 5 rings (SSSR count). The molecule has 0 bridgehead atoms. The molecule has 0 spiro atoms. The summed E-state index contributed by atoms with van der Waals surface area (Å²) < 4.78 is 68.8. The van der Waals surface area contributed by atoms with Gasteiger partial charge in [0.1, 0.15) is 0 Å². The van der Waals surface area contributed by atoms with Gasteiger partial charge in [0, 0.05) is 83.2 Å². The number of rotatable bonds is 13. The van der Waals surface area contributed by atoms with Crippen LogP contribution in [0.25, 0.3) is 22.4 Å². The molecule has 0 aliphatic heterocycles. The Bertz CT molecular complexity index is 2110. The molecule has 0 radical (unpaired) electrons. The van der Waals surface area contributed by atoms with Gasteiger partial charge in [-0.25, -0.2) is 9.78 Å². The van der Waals surface area contributed by atoms with E-state index in [1.165, 1.54) is 14.2 Å². The normalized spacial score (nSPS) is 11.4. The van der Waals surface area contributed by atoms with Crippen molar-refractivity contribution in [1.82, 2.24) is 19.9 Å². The summed E-state index contributed by atoms with van der Waals surface area (Å²) in [4.78, 5) is 37.9. The summed E-state index contributed by atoms with van der Waals surface area (Å²) in [6.07, 6.45) is 8.84. The van der Waals surface area contributed by atoms with Gasteiger partial charge >= 0.3 is 33.0 Å². The van der Waals surface area contributed by atoms with E-state index in [2.05, 4.69) is 31.3 Å². The number of carbonyl (C=O) groups excluding carboxylic acids is 1. The van der Waals surface area contributed by atoms with Crippen LogP contribution in [0.15, 0.2) is 131 Å². The van der Waals surface area contributed by atoms with Crippen LogP contribution in [-0.4, -0.2) is 54.0 Å². The van der Waals surface area contributed by atoms with Crippen molar-refractivity contribution < 1.29 is 48.4 Å². The molecule has 352 valence electrons. The molecular weight excluding hydrogens is 932 g/mol. The van der Waals surface area contributed by atoms with Crippen LogP contribution < -0.4 is 0 Å². The Kier molecular flexibility index (Phi) is 28.8. The van der Waals surface area contributed by atoms with Gasteiger partial charge in [-0.2, -0.15) is 8.67 Å². The minimum absolute atomic E-state index is 0. The van der Waals surface area contributed by atoms with E-state index in [9.17, 15) is 30.0 Å². The zero-order valence-electron chi connectivity index (χ0n) is 32.4. The third-order valence-corrected chi connectivity index (χ3v) is 8.49. The minimum atomic E-state index is -10.7. The number of aryl methyl sites for hydroxylation is 2.